The molecule has 2 atom stereocenters. The summed E-state index contributed by atoms with van der Waals surface area (Å²) in [6.07, 6.45) is 29.2. The zero-order valence-corrected chi connectivity index (χ0v) is 17.8. The van der Waals surface area contributed by atoms with Gasteiger partial charge in [0.05, 0.1) is 0 Å². The SMILES string of the molecule is C1=C(C2CCCCCC2)C(C2CCCCCC2)C(C2CCCCCC2)C[N]1. The molecule has 153 valence electrons. The summed E-state index contributed by atoms with van der Waals surface area (Å²) in [5, 5.41) is 5.06. The minimum absolute atomic E-state index is 0.873. The number of rotatable bonds is 3. The van der Waals surface area contributed by atoms with Crippen molar-refractivity contribution in [1.82, 2.24) is 5.32 Å². The van der Waals surface area contributed by atoms with Crippen LogP contribution in [0.2, 0.25) is 0 Å². The Bertz CT molecular complexity index is 443. The fraction of sp³-hybridized carbons (Fsp3) is 0.923. The predicted octanol–water partition coefficient (Wildman–Crippen LogP) is 7.63. The Morgan fingerprint density at radius 1 is 0.556 bits per heavy atom. The van der Waals surface area contributed by atoms with Crippen LogP contribution in [0.25, 0.3) is 0 Å². The zero-order chi connectivity index (χ0) is 18.3. The third-order valence-electron chi connectivity index (χ3n) is 8.64. The van der Waals surface area contributed by atoms with Crippen LogP contribution in [0.1, 0.15) is 116 Å². The predicted molar refractivity (Wildman–Crippen MR) is 116 cm³/mol. The van der Waals surface area contributed by atoms with Crippen LogP contribution in [0, 0.1) is 29.6 Å². The lowest BCUT2D eigenvalue weighted by molar-refractivity contribution is 0.139. The molecular formula is C26H44N. The van der Waals surface area contributed by atoms with Gasteiger partial charge < -0.3 is 0 Å². The molecule has 27 heavy (non-hydrogen) atoms. The molecule has 0 aromatic rings. The second-order valence-corrected chi connectivity index (χ2v) is 10.4. The Balaban J connectivity index is 1.58. The van der Waals surface area contributed by atoms with E-state index in [0.29, 0.717) is 0 Å². The monoisotopic (exact) mass is 370 g/mol. The Hall–Kier alpha value is -0.460. The number of hydrogen-bond donors (Lipinski definition) is 0. The van der Waals surface area contributed by atoms with Crippen molar-refractivity contribution in [3.8, 4) is 0 Å². The molecule has 2 unspecified atom stereocenters. The molecule has 0 saturated heterocycles. The summed E-state index contributed by atoms with van der Waals surface area (Å²) in [5.41, 5.74) is 1.85. The largest absolute Gasteiger partial charge is 0.293 e. The number of hydrogen-bond acceptors (Lipinski definition) is 0. The van der Waals surface area contributed by atoms with E-state index in [-0.39, 0.29) is 0 Å². The van der Waals surface area contributed by atoms with Crippen LogP contribution >= 0.6 is 0 Å². The molecule has 3 fully saturated rings. The molecule has 1 aliphatic heterocycles. The summed E-state index contributed by atoms with van der Waals surface area (Å²) in [5.74, 6) is 4.60. The zero-order valence-electron chi connectivity index (χ0n) is 17.8. The van der Waals surface area contributed by atoms with Crippen molar-refractivity contribution in [2.75, 3.05) is 6.54 Å². The highest BCUT2D eigenvalue weighted by atomic mass is 14.9. The van der Waals surface area contributed by atoms with Crippen molar-refractivity contribution in [3.63, 3.8) is 0 Å². The normalized spacial score (nSPS) is 33.4. The van der Waals surface area contributed by atoms with Gasteiger partial charge in [-0.15, -0.1) is 0 Å². The molecule has 3 aliphatic carbocycles. The molecule has 4 aliphatic rings. The number of nitrogens with zero attached hydrogens (tertiary/aromatic N) is 1. The van der Waals surface area contributed by atoms with Gasteiger partial charge >= 0.3 is 0 Å². The quantitative estimate of drug-likeness (QED) is 0.453. The lowest BCUT2D eigenvalue weighted by Crippen LogP contribution is -2.40. The van der Waals surface area contributed by atoms with Gasteiger partial charge in [-0.05, 0) is 60.8 Å². The van der Waals surface area contributed by atoms with Crippen molar-refractivity contribution in [1.29, 1.82) is 0 Å². The summed E-state index contributed by atoms with van der Waals surface area (Å²) in [6.45, 7) is 1.15. The maximum atomic E-state index is 5.06. The Morgan fingerprint density at radius 2 is 1.04 bits per heavy atom. The van der Waals surface area contributed by atoms with Crippen molar-refractivity contribution in [2.24, 2.45) is 29.6 Å². The minimum atomic E-state index is 0.873. The molecule has 0 aromatic carbocycles. The lowest BCUT2D eigenvalue weighted by Gasteiger charge is -2.44. The smallest absolute Gasteiger partial charge is 0.0426 e. The van der Waals surface area contributed by atoms with Crippen molar-refractivity contribution in [2.45, 2.75) is 116 Å². The van der Waals surface area contributed by atoms with E-state index in [2.05, 4.69) is 6.20 Å². The molecule has 0 N–H and O–H groups in total. The first-order chi connectivity index (χ1) is 13.4. The summed E-state index contributed by atoms with van der Waals surface area (Å²) in [7, 11) is 0. The van der Waals surface area contributed by atoms with Gasteiger partial charge in [-0.1, -0.05) is 89.9 Å². The average Bonchev–Trinajstić information content (AvgIpc) is 3.23. The van der Waals surface area contributed by atoms with Crippen molar-refractivity contribution < 1.29 is 0 Å². The van der Waals surface area contributed by atoms with E-state index in [1.165, 1.54) is 116 Å². The fourth-order valence-corrected chi connectivity index (χ4v) is 7.19. The van der Waals surface area contributed by atoms with Gasteiger partial charge in [0, 0.05) is 12.7 Å². The Labute approximate surface area is 169 Å². The van der Waals surface area contributed by atoms with Gasteiger partial charge in [-0.3, -0.25) is 5.32 Å². The van der Waals surface area contributed by atoms with Gasteiger partial charge in [-0.2, -0.15) is 0 Å². The summed E-state index contributed by atoms with van der Waals surface area (Å²) >= 11 is 0. The van der Waals surface area contributed by atoms with Crippen LogP contribution in [0.15, 0.2) is 11.8 Å². The van der Waals surface area contributed by atoms with Crippen molar-refractivity contribution in [3.05, 3.63) is 11.8 Å². The van der Waals surface area contributed by atoms with Crippen LogP contribution in [0.4, 0.5) is 0 Å². The highest BCUT2D eigenvalue weighted by molar-refractivity contribution is 5.17. The van der Waals surface area contributed by atoms with E-state index in [1.807, 2.05) is 5.57 Å². The standard InChI is InChI=1S/C26H44N/c1-2-8-14-21(13-7-1)24-19-27-20-25(22-15-9-3-4-10-16-22)26(24)23-17-11-5-6-12-18-23/h19,21-23,25-26H,1-18,20H2. The second-order valence-electron chi connectivity index (χ2n) is 10.4. The second kappa shape index (κ2) is 10.4. The third kappa shape index (κ3) is 5.13. The van der Waals surface area contributed by atoms with E-state index in [1.54, 1.807) is 0 Å². The first-order valence-corrected chi connectivity index (χ1v) is 12.8. The summed E-state index contributed by atoms with van der Waals surface area (Å²) in [4.78, 5) is 0. The first kappa shape index (κ1) is 19.8. The first-order valence-electron chi connectivity index (χ1n) is 12.8. The molecule has 0 amide bonds. The van der Waals surface area contributed by atoms with Crippen LogP contribution < -0.4 is 5.32 Å². The van der Waals surface area contributed by atoms with Crippen LogP contribution in [-0.2, 0) is 0 Å². The molecule has 3 saturated carbocycles. The van der Waals surface area contributed by atoms with Gasteiger partial charge in [0.1, 0.15) is 0 Å². The van der Waals surface area contributed by atoms with Crippen LogP contribution in [-0.4, -0.2) is 6.54 Å². The van der Waals surface area contributed by atoms with Gasteiger partial charge in [0.25, 0.3) is 0 Å². The topological polar surface area (TPSA) is 14.1 Å². The minimum Gasteiger partial charge on any atom is -0.293 e. The van der Waals surface area contributed by atoms with Gasteiger partial charge in [-0.25, -0.2) is 0 Å². The fourth-order valence-electron chi connectivity index (χ4n) is 7.19. The Kier molecular flexibility index (Phi) is 7.61. The summed E-state index contributed by atoms with van der Waals surface area (Å²) < 4.78 is 0. The molecular weight excluding hydrogens is 326 g/mol. The number of allylic oxidation sites excluding steroid dienone is 1. The van der Waals surface area contributed by atoms with E-state index in [4.69, 9.17) is 5.32 Å². The van der Waals surface area contributed by atoms with Gasteiger partial charge in [0.2, 0.25) is 0 Å². The molecule has 4 rings (SSSR count). The van der Waals surface area contributed by atoms with Crippen LogP contribution in [0.3, 0.4) is 0 Å². The van der Waals surface area contributed by atoms with E-state index in [9.17, 15) is 0 Å². The average molecular weight is 371 g/mol. The third-order valence-corrected chi connectivity index (χ3v) is 8.64. The highest BCUT2D eigenvalue weighted by Gasteiger charge is 2.41. The van der Waals surface area contributed by atoms with Crippen molar-refractivity contribution >= 4 is 0 Å². The van der Waals surface area contributed by atoms with Crippen LogP contribution in [0.5, 0.6) is 0 Å². The molecule has 1 nitrogen and oxygen atoms in total. The maximum Gasteiger partial charge on any atom is 0.0426 e. The van der Waals surface area contributed by atoms with Gasteiger partial charge in [0.15, 0.2) is 0 Å². The highest BCUT2D eigenvalue weighted by Crippen LogP contribution is 2.48. The molecule has 1 heteroatoms. The Morgan fingerprint density at radius 3 is 1.59 bits per heavy atom. The van der Waals surface area contributed by atoms with E-state index in [0.717, 1.165) is 36.1 Å². The maximum absolute atomic E-state index is 5.06. The molecule has 0 spiro atoms. The summed E-state index contributed by atoms with van der Waals surface area (Å²) in [6, 6.07) is 0. The molecule has 1 heterocycles. The molecule has 1 radical (unpaired) electrons. The molecule has 0 bridgehead atoms. The van der Waals surface area contributed by atoms with E-state index >= 15 is 0 Å². The molecule has 0 aromatic heterocycles. The lowest BCUT2D eigenvalue weighted by atomic mass is 9.63. The van der Waals surface area contributed by atoms with E-state index < -0.39 is 0 Å².